The van der Waals surface area contributed by atoms with Crippen molar-refractivity contribution in [1.82, 2.24) is 30.2 Å². The van der Waals surface area contributed by atoms with Crippen LogP contribution >= 0.6 is 0 Å². The lowest BCUT2D eigenvalue weighted by atomic mass is 9.84. The summed E-state index contributed by atoms with van der Waals surface area (Å²) in [4.78, 5) is 58.5. The highest BCUT2D eigenvalue weighted by atomic mass is 16.6. The van der Waals surface area contributed by atoms with Crippen LogP contribution in [0.15, 0.2) is 67.3 Å². The molecule has 4 heterocycles. The Morgan fingerprint density at radius 2 is 1.76 bits per heavy atom. The SMILES string of the molecule is C=CC(=O)N1CC[C@H]([N+](=O)N(C)C(CC)(CC)C(=O)N[C@H]2Cc3cc(O)cc(c3)-c3ccc4c(c3)c(c(-c3c(OC)cccc3OC)n4CC)CC(C)(C)COC(O)[C@@H]3CCCN(N3)C2=O)C1. The average molecular weight is 923 g/mol. The maximum atomic E-state index is 14.9. The molecule has 4 aromatic rings. The van der Waals surface area contributed by atoms with Crippen LogP contribution in [0.2, 0.25) is 0 Å². The van der Waals surface area contributed by atoms with Gasteiger partial charge in [-0.1, -0.05) is 52.5 Å². The third-order valence-electron chi connectivity index (χ3n) is 14.1. The zero-order chi connectivity index (χ0) is 48.4. The summed E-state index contributed by atoms with van der Waals surface area (Å²) in [6.45, 7) is 15.2. The number of amides is 3. The van der Waals surface area contributed by atoms with Gasteiger partial charge >= 0.3 is 0 Å². The van der Waals surface area contributed by atoms with Gasteiger partial charge in [-0.2, -0.15) is 0 Å². The van der Waals surface area contributed by atoms with Gasteiger partial charge in [0.15, 0.2) is 11.8 Å². The highest BCUT2D eigenvalue weighted by Crippen LogP contribution is 2.46. The van der Waals surface area contributed by atoms with Crippen molar-refractivity contribution >= 4 is 28.6 Å². The fourth-order valence-electron chi connectivity index (χ4n) is 10.4. The van der Waals surface area contributed by atoms with Gasteiger partial charge in [-0.3, -0.25) is 19.4 Å². The molecule has 4 atom stereocenters. The van der Waals surface area contributed by atoms with Crippen LogP contribution in [0.3, 0.4) is 0 Å². The van der Waals surface area contributed by atoms with E-state index in [1.165, 1.54) is 16.1 Å². The number of aromatic hydroxyl groups is 1. The van der Waals surface area contributed by atoms with Gasteiger partial charge in [0.1, 0.15) is 28.2 Å². The minimum Gasteiger partial charge on any atom is -0.508 e. The number of aromatic nitrogens is 1. The van der Waals surface area contributed by atoms with Crippen molar-refractivity contribution in [2.75, 3.05) is 47.5 Å². The number of methoxy groups -OCH3 is 2. The zero-order valence-electron chi connectivity index (χ0n) is 40.3. The van der Waals surface area contributed by atoms with Gasteiger partial charge in [-0.25, -0.2) is 5.43 Å². The Balaban J connectivity index is 1.33. The van der Waals surface area contributed by atoms with E-state index in [1.807, 2.05) is 44.2 Å². The standard InChI is InChI=1S/C51H67N7O9/c1-10-44(60)55-23-21-35(30-55)58(64)54(7)51(11-2,12-3)49(63)52-40-26-32-24-34(27-36(59)25-32)33-19-20-41-37(28-33)38(46(56(41)13-4)45-42(65-8)17-14-18-43(45)66-9)29-50(5,6)31-67-48(62)39-16-15-22-57(53-39)47(40)61/h10,14,17-20,24-25,27-28,35,39-40,48,53,62H,1,11-13,15-16,21-23,26,29-31H2,2-9H3,(H-,52,59,63)/p+1/t35-,39-,40-,48?/m0/s1. The lowest BCUT2D eigenvalue weighted by Gasteiger charge is -2.39. The fraction of sp³-hybridized carbons (Fsp3) is 0.510. The van der Waals surface area contributed by atoms with Crippen LogP contribution < -0.4 is 20.2 Å². The first-order valence-corrected chi connectivity index (χ1v) is 23.5. The number of phenols is 1. The van der Waals surface area contributed by atoms with Gasteiger partial charge in [0.25, 0.3) is 17.9 Å². The van der Waals surface area contributed by atoms with Crippen molar-refractivity contribution in [2.45, 2.75) is 116 Å². The molecule has 0 aliphatic carbocycles. The van der Waals surface area contributed by atoms with E-state index in [4.69, 9.17) is 14.2 Å². The Labute approximate surface area is 393 Å². The monoisotopic (exact) mass is 923 g/mol. The molecular weight excluding hydrogens is 855 g/mol. The van der Waals surface area contributed by atoms with E-state index in [9.17, 15) is 29.5 Å². The number of rotatable bonds is 12. The number of hydrogen-bond donors (Lipinski definition) is 4. The summed E-state index contributed by atoms with van der Waals surface area (Å²) >= 11 is 0. The molecule has 4 N–H and O–H groups in total. The second-order valence-corrected chi connectivity index (χ2v) is 18.9. The molecule has 16 nitrogen and oxygen atoms in total. The summed E-state index contributed by atoms with van der Waals surface area (Å²) < 4.78 is 20.5. The molecule has 16 heteroatoms. The topological polar surface area (TPSA) is 178 Å². The third-order valence-corrected chi connectivity index (χ3v) is 14.1. The Bertz CT molecular complexity index is 2490. The van der Waals surface area contributed by atoms with Crippen LogP contribution in [0.25, 0.3) is 33.3 Å². The number of aliphatic hydroxyl groups excluding tert-OH is 1. The number of phenolic OH excluding ortho intramolecular Hbond substituents is 1. The van der Waals surface area contributed by atoms with Crippen LogP contribution in [-0.2, 0) is 38.5 Å². The molecule has 3 aliphatic heterocycles. The minimum absolute atomic E-state index is 0.00489. The molecule has 3 aromatic carbocycles. The van der Waals surface area contributed by atoms with Gasteiger partial charge in [-0.05, 0) is 109 Å². The van der Waals surface area contributed by atoms with E-state index < -0.39 is 47.2 Å². The van der Waals surface area contributed by atoms with Crippen LogP contribution in [0, 0.1) is 10.3 Å². The third kappa shape index (κ3) is 9.61. The van der Waals surface area contributed by atoms with Gasteiger partial charge in [0, 0.05) is 43.4 Å². The number of aliphatic hydroxyl groups is 1. The summed E-state index contributed by atoms with van der Waals surface area (Å²) in [6, 6.07) is 14.8. The van der Waals surface area contributed by atoms with Crippen molar-refractivity contribution in [3.63, 3.8) is 0 Å². The first-order chi connectivity index (χ1) is 32.0. The van der Waals surface area contributed by atoms with Crippen molar-refractivity contribution in [3.8, 4) is 39.6 Å². The number of aryl methyl sites for hydroxylation is 1. The maximum absolute atomic E-state index is 14.9. The van der Waals surface area contributed by atoms with Gasteiger partial charge in [-0.15, -0.1) is 5.01 Å². The largest absolute Gasteiger partial charge is 0.508 e. The second-order valence-electron chi connectivity index (χ2n) is 18.9. The van der Waals surface area contributed by atoms with Crippen molar-refractivity contribution < 1.29 is 43.7 Å². The van der Waals surface area contributed by atoms with E-state index in [0.717, 1.165) is 38.2 Å². The van der Waals surface area contributed by atoms with E-state index in [1.54, 1.807) is 38.3 Å². The number of hydrogen-bond acceptors (Lipinski definition) is 10. The number of carbonyl (C=O) groups is 3. The summed E-state index contributed by atoms with van der Waals surface area (Å²) in [5.74, 6) is 0.0896. The van der Waals surface area contributed by atoms with Crippen LogP contribution in [0.1, 0.15) is 77.8 Å². The highest BCUT2D eigenvalue weighted by molar-refractivity contribution is 5.97. The number of nitrogens with zero attached hydrogens (tertiary/aromatic N) is 5. The molecule has 67 heavy (non-hydrogen) atoms. The first kappa shape index (κ1) is 48.9. The van der Waals surface area contributed by atoms with Gasteiger partial charge < -0.3 is 39.2 Å². The first-order valence-electron chi connectivity index (χ1n) is 23.5. The molecule has 3 amide bonds. The Morgan fingerprint density at radius 1 is 1.04 bits per heavy atom. The molecule has 7 rings (SSSR count). The molecule has 2 saturated heterocycles. The number of benzene rings is 3. The second kappa shape index (κ2) is 20.1. The number of fused-ring (bicyclic) bond motifs is 6. The maximum Gasteiger partial charge on any atom is 0.259 e. The van der Waals surface area contributed by atoms with E-state index >= 15 is 0 Å². The molecule has 1 unspecified atom stereocenters. The molecular formula is C51H68N7O9+. The van der Waals surface area contributed by atoms with Crippen molar-refractivity contribution in [1.29, 1.82) is 0 Å². The predicted octanol–water partition coefficient (Wildman–Crippen LogP) is 6.13. The number of ether oxygens (including phenoxy) is 3. The number of likely N-dealkylation sites (tertiary alicyclic amines) is 1. The normalized spacial score (nSPS) is 21.1. The van der Waals surface area contributed by atoms with Crippen molar-refractivity contribution in [3.05, 3.63) is 83.3 Å². The lowest BCUT2D eigenvalue weighted by Crippen LogP contribution is -2.65. The van der Waals surface area contributed by atoms with Crippen LogP contribution in [-0.4, -0.2) is 130 Å². The Morgan fingerprint density at radius 3 is 2.42 bits per heavy atom. The number of nitroso groups, excluding NO2 is 1. The number of carbonyl (C=O) groups excluding carboxylic acids is 3. The number of likely N-dealkylation sites (N-methyl/N-ethyl adjacent to an activating group) is 1. The van der Waals surface area contributed by atoms with Crippen LogP contribution in [0.5, 0.6) is 17.2 Å². The molecule has 0 saturated carbocycles. The minimum atomic E-state index is -1.36. The molecule has 1 aromatic heterocycles. The molecule has 360 valence electrons. The van der Waals surface area contributed by atoms with E-state index in [-0.39, 0.29) is 44.1 Å². The van der Waals surface area contributed by atoms with Crippen LogP contribution in [0.4, 0.5) is 0 Å². The predicted molar refractivity (Wildman–Crippen MR) is 256 cm³/mol. The summed E-state index contributed by atoms with van der Waals surface area (Å²) in [5, 5.41) is 29.9. The van der Waals surface area contributed by atoms with E-state index in [0.29, 0.717) is 67.9 Å². The molecule has 2 fully saturated rings. The lowest BCUT2D eigenvalue weighted by molar-refractivity contribution is -0.739. The van der Waals surface area contributed by atoms with Gasteiger partial charge in [0.05, 0.1) is 56.6 Å². The summed E-state index contributed by atoms with van der Waals surface area (Å²) in [7, 11) is 4.88. The van der Waals surface area contributed by atoms with E-state index in [2.05, 4.69) is 54.8 Å². The summed E-state index contributed by atoms with van der Waals surface area (Å²) in [6.07, 6.45) is 2.48. The van der Waals surface area contributed by atoms with Gasteiger partial charge in [0.2, 0.25) is 5.91 Å². The Kier molecular flexibility index (Phi) is 14.7. The quantitative estimate of drug-likeness (QED) is 0.0731. The zero-order valence-corrected chi connectivity index (χ0v) is 40.3. The molecule has 0 radical (unpaired) electrons. The smallest absolute Gasteiger partial charge is 0.259 e. The number of nitrogens with one attached hydrogen (secondary N) is 2. The Hall–Kier alpha value is -5.97. The average Bonchev–Trinajstić information content (AvgIpc) is 3.95. The molecule has 6 bridgehead atoms. The molecule has 0 spiro atoms. The van der Waals surface area contributed by atoms with Crippen molar-refractivity contribution in [2.24, 2.45) is 5.41 Å². The highest BCUT2D eigenvalue weighted by Gasteiger charge is 2.51. The fourth-order valence-corrected chi connectivity index (χ4v) is 10.4. The number of hydrazine groups is 2. The molecule has 3 aliphatic rings. The summed E-state index contributed by atoms with van der Waals surface area (Å²) in [5.41, 5.74) is 7.26.